The van der Waals surface area contributed by atoms with Crippen molar-refractivity contribution in [1.29, 1.82) is 0 Å². The molecule has 38 heavy (non-hydrogen) atoms. The second-order valence-corrected chi connectivity index (χ2v) is 9.81. The van der Waals surface area contributed by atoms with Gasteiger partial charge in [-0.15, -0.1) is 5.10 Å². The number of carbonyl (C=O) groups excluding carboxylic acids is 1. The Morgan fingerprint density at radius 2 is 1.76 bits per heavy atom. The number of anilines is 1. The van der Waals surface area contributed by atoms with Gasteiger partial charge in [-0.2, -0.15) is 22.7 Å². The minimum Gasteiger partial charge on any atom is -0.386 e. The SMILES string of the molecule is Cc1c(C(C)C)c(=O)n2nc(-c3ccc(C(C)(C)O)cc3)nc2n1CC(=O)Nc1ccc(C(F)(F)F)nc1. The van der Waals surface area contributed by atoms with Crippen LogP contribution < -0.4 is 10.9 Å². The Bertz CT molecular complexity index is 1550. The smallest absolute Gasteiger partial charge is 0.386 e. The summed E-state index contributed by atoms with van der Waals surface area (Å²) in [4.78, 5) is 34.1. The highest BCUT2D eigenvalue weighted by Gasteiger charge is 2.32. The van der Waals surface area contributed by atoms with E-state index < -0.39 is 23.4 Å². The zero-order chi connectivity index (χ0) is 28.0. The Morgan fingerprint density at radius 1 is 1.11 bits per heavy atom. The zero-order valence-corrected chi connectivity index (χ0v) is 21.5. The van der Waals surface area contributed by atoms with Crippen LogP contribution in [0.15, 0.2) is 47.4 Å². The topological polar surface area (TPSA) is 114 Å². The first-order valence-corrected chi connectivity index (χ1v) is 11.8. The number of carbonyl (C=O) groups is 1. The lowest BCUT2D eigenvalue weighted by molar-refractivity contribution is -0.141. The summed E-state index contributed by atoms with van der Waals surface area (Å²) in [6.45, 7) is 8.46. The predicted octanol–water partition coefficient (Wildman–Crippen LogP) is 4.27. The maximum Gasteiger partial charge on any atom is 0.433 e. The fourth-order valence-corrected chi connectivity index (χ4v) is 4.16. The fourth-order valence-electron chi connectivity index (χ4n) is 4.16. The number of amides is 1. The Kier molecular flexibility index (Phi) is 6.87. The molecule has 0 saturated heterocycles. The van der Waals surface area contributed by atoms with Gasteiger partial charge in [-0.3, -0.25) is 9.59 Å². The van der Waals surface area contributed by atoms with Gasteiger partial charge in [-0.25, -0.2) is 4.98 Å². The molecule has 4 aromatic rings. The van der Waals surface area contributed by atoms with Crippen LogP contribution in [-0.4, -0.2) is 35.2 Å². The summed E-state index contributed by atoms with van der Waals surface area (Å²) in [5.74, 6) is -0.335. The minimum absolute atomic E-state index is 0.0934. The molecule has 200 valence electrons. The van der Waals surface area contributed by atoms with E-state index in [-0.39, 0.29) is 35.3 Å². The average Bonchev–Trinajstić information content (AvgIpc) is 3.27. The molecule has 3 heterocycles. The fraction of sp³-hybridized carbons (Fsp3) is 0.346. The number of pyridine rings is 1. The van der Waals surface area contributed by atoms with Crippen LogP contribution in [0.5, 0.6) is 0 Å². The summed E-state index contributed by atoms with van der Waals surface area (Å²) in [7, 11) is 0. The molecule has 9 nitrogen and oxygen atoms in total. The monoisotopic (exact) mass is 528 g/mol. The quantitative estimate of drug-likeness (QED) is 0.386. The van der Waals surface area contributed by atoms with E-state index in [4.69, 9.17) is 0 Å². The first kappa shape index (κ1) is 27.0. The van der Waals surface area contributed by atoms with Crippen LogP contribution in [0.2, 0.25) is 0 Å². The molecule has 0 saturated carbocycles. The molecule has 0 atom stereocenters. The van der Waals surface area contributed by atoms with Crippen molar-refractivity contribution < 1.29 is 23.1 Å². The second-order valence-electron chi connectivity index (χ2n) is 9.81. The Hall–Kier alpha value is -4.06. The number of hydrogen-bond donors (Lipinski definition) is 2. The van der Waals surface area contributed by atoms with Gasteiger partial charge >= 0.3 is 6.18 Å². The number of nitrogens with zero attached hydrogens (tertiary/aromatic N) is 5. The molecule has 0 radical (unpaired) electrons. The number of fused-ring (bicyclic) bond motifs is 1. The van der Waals surface area contributed by atoms with Gasteiger partial charge in [0.05, 0.1) is 17.5 Å². The van der Waals surface area contributed by atoms with E-state index in [1.807, 2.05) is 13.8 Å². The minimum atomic E-state index is -4.59. The van der Waals surface area contributed by atoms with E-state index in [0.29, 0.717) is 22.4 Å². The van der Waals surface area contributed by atoms with Crippen LogP contribution >= 0.6 is 0 Å². The van der Waals surface area contributed by atoms with E-state index in [1.54, 1.807) is 49.6 Å². The third-order valence-electron chi connectivity index (χ3n) is 6.12. The van der Waals surface area contributed by atoms with Gasteiger partial charge in [-0.1, -0.05) is 38.1 Å². The summed E-state index contributed by atoms with van der Waals surface area (Å²) in [6, 6.07) is 8.85. The number of hydrogen-bond acceptors (Lipinski definition) is 6. The van der Waals surface area contributed by atoms with Crippen molar-refractivity contribution in [3.05, 3.63) is 75.5 Å². The second kappa shape index (κ2) is 9.67. The number of aromatic nitrogens is 5. The van der Waals surface area contributed by atoms with Crippen molar-refractivity contribution in [3.8, 4) is 11.4 Å². The third kappa shape index (κ3) is 5.30. The van der Waals surface area contributed by atoms with Gasteiger partial charge < -0.3 is 15.0 Å². The van der Waals surface area contributed by atoms with E-state index in [9.17, 15) is 27.9 Å². The van der Waals surface area contributed by atoms with Gasteiger partial charge in [-0.05, 0) is 44.4 Å². The van der Waals surface area contributed by atoms with Crippen molar-refractivity contribution >= 4 is 17.4 Å². The molecular formula is C26H27F3N6O3. The zero-order valence-electron chi connectivity index (χ0n) is 21.5. The lowest BCUT2D eigenvalue weighted by atomic mass is 9.97. The summed E-state index contributed by atoms with van der Waals surface area (Å²) >= 11 is 0. The molecule has 3 aromatic heterocycles. The van der Waals surface area contributed by atoms with E-state index in [2.05, 4.69) is 20.4 Å². The third-order valence-corrected chi connectivity index (χ3v) is 6.12. The maximum atomic E-state index is 13.3. The van der Waals surface area contributed by atoms with Crippen LogP contribution in [0.4, 0.5) is 18.9 Å². The van der Waals surface area contributed by atoms with Gasteiger partial charge in [0.25, 0.3) is 5.56 Å². The molecule has 0 bridgehead atoms. The molecule has 0 spiro atoms. The standard InChI is InChI=1S/C26H27F3N6O3/c1-14(2)21-15(3)34(13-20(36)31-18-10-11-19(30-12-18)26(27,28)29)24-32-22(33-35(24)23(21)37)16-6-8-17(9-7-16)25(4,5)38/h6-12,14,38H,13H2,1-5H3,(H,31,36). The van der Waals surface area contributed by atoms with Crippen LogP contribution in [0, 0.1) is 6.92 Å². The highest BCUT2D eigenvalue weighted by molar-refractivity contribution is 5.90. The molecule has 0 fully saturated rings. The van der Waals surface area contributed by atoms with Crippen LogP contribution in [0.1, 0.15) is 56.1 Å². The molecule has 1 amide bonds. The maximum absolute atomic E-state index is 13.3. The lowest BCUT2D eigenvalue weighted by Gasteiger charge is -2.17. The number of rotatable bonds is 6. The number of benzene rings is 1. The van der Waals surface area contributed by atoms with Crippen LogP contribution in [-0.2, 0) is 23.1 Å². The van der Waals surface area contributed by atoms with Crippen molar-refractivity contribution in [1.82, 2.24) is 24.1 Å². The molecule has 2 N–H and O–H groups in total. The van der Waals surface area contributed by atoms with Crippen molar-refractivity contribution in [3.63, 3.8) is 0 Å². The largest absolute Gasteiger partial charge is 0.433 e. The highest BCUT2D eigenvalue weighted by atomic mass is 19.4. The molecule has 0 aliphatic heterocycles. The van der Waals surface area contributed by atoms with Gasteiger partial charge in [0, 0.05) is 16.8 Å². The summed E-state index contributed by atoms with van der Waals surface area (Å²) < 4.78 is 41.1. The van der Waals surface area contributed by atoms with Gasteiger partial charge in [0.15, 0.2) is 5.82 Å². The molecule has 1 aromatic carbocycles. The number of halogens is 3. The molecule has 0 aliphatic carbocycles. The van der Waals surface area contributed by atoms with Crippen molar-refractivity contribution in [2.75, 3.05) is 5.32 Å². The van der Waals surface area contributed by atoms with Crippen LogP contribution in [0.3, 0.4) is 0 Å². The van der Waals surface area contributed by atoms with Gasteiger partial charge in [0.2, 0.25) is 11.7 Å². The highest BCUT2D eigenvalue weighted by Crippen LogP contribution is 2.28. The van der Waals surface area contributed by atoms with E-state index in [0.717, 1.165) is 22.8 Å². The Morgan fingerprint density at radius 3 is 2.29 bits per heavy atom. The summed E-state index contributed by atoms with van der Waals surface area (Å²) in [5, 5.41) is 17.2. The first-order chi connectivity index (χ1) is 17.7. The number of nitrogens with one attached hydrogen (secondary N) is 1. The normalized spacial score (nSPS) is 12.4. The summed E-state index contributed by atoms with van der Waals surface area (Å²) in [5.41, 5.74) is -0.0890. The predicted molar refractivity (Wildman–Crippen MR) is 135 cm³/mol. The van der Waals surface area contributed by atoms with Crippen molar-refractivity contribution in [2.45, 2.75) is 58.9 Å². The molecule has 12 heteroatoms. The average molecular weight is 529 g/mol. The van der Waals surface area contributed by atoms with Crippen molar-refractivity contribution in [2.24, 2.45) is 0 Å². The molecule has 0 unspecified atom stereocenters. The number of aliphatic hydroxyl groups is 1. The van der Waals surface area contributed by atoms with Gasteiger partial charge in [0.1, 0.15) is 12.2 Å². The van der Waals surface area contributed by atoms with E-state index >= 15 is 0 Å². The lowest BCUT2D eigenvalue weighted by Crippen LogP contribution is -2.30. The molecule has 4 rings (SSSR count). The Labute approximate surface area is 216 Å². The molecule has 0 aliphatic rings. The van der Waals surface area contributed by atoms with Crippen LogP contribution in [0.25, 0.3) is 17.2 Å². The number of alkyl halides is 3. The Balaban J connectivity index is 1.73. The summed E-state index contributed by atoms with van der Waals surface area (Å²) in [6.07, 6.45) is -3.66. The molecular weight excluding hydrogens is 501 g/mol. The van der Waals surface area contributed by atoms with E-state index in [1.165, 1.54) is 0 Å². The first-order valence-electron chi connectivity index (χ1n) is 11.8.